The predicted molar refractivity (Wildman–Crippen MR) is 137 cm³/mol. The average Bonchev–Trinajstić information content (AvgIpc) is 3.57. The second kappa shape index (κ2) is 11.0. The molecular formula is C29H35N3O5. The molecule has 0 radical (unpaired) electrons. The largest absolute Gasteiger partial charge is 0.396 e. The van der Waals surface area contributed by atoms with E-state index in [-0.39, 0.29) is 30.4 Å². The molecule has 37 heavy (non-hydrogen) atoms. The van der Waals surface area contributed by atoms with Crippen molar-refractivity contribution in [2.45, 2.75) is 62.9 Å². The number of hydrogen-bond acceptors (Lipinski definition) is 5. The van der Waals surface area contributed by atoms with Crippen LogP contribution in [0.25, 0.3) is 0 Å². The second-order valence-electron chi connectivity index (χ2n) is 10.3. The van der Waals surface area contributed by atoms with E-state index >= 15 is 0 Å². The van der Waals surface area contributed by atoms with Crippen molar-refractivity contribution in [3.05, 3.63) is 71.8 Å². The van der Waals surface area contributed by atoms with E-state index in [1.165, 1.54) is 0 Å². The first-order valence-corrected chi connectivity index (χ1v) is 13.3. The zero-order valence-electron chi connectivity index (χ0n) is 21.0. The maximum absolute atomic E-state index is 13.9. The molecule has 2 aromatic rings. The van der Waals surface area contributed by atoms with Gasteiger partial charge in [-0.25, -0.2) is 0 Å². The Morgan fingerprint density at radius 1 is 0.919 bits per heavy atom. The van der Waals surface area contributed by atoms with Crippen LogP contribution in [0.4, 0.5) is 0 Å². The van der Waals surface area contributed by atoms with Gasteiger partial charge in [0, 0.05) is 26.2 Å². The summed E-state index contributed by atoms with van der Waals surface area (Å²) < 4.78 is 6.46. The minimum Gasteiger partial charge on any atom is -0.396 e. The van der Waals surface area contributed by atoms with Crippen LogP contribution in [0.1, 0.15) is 43.2 Å². The molecule has 8 nitrogen and oxygen atoms in total. The molecular weight excluding hydrogens is 470 g/mol. The van der Waals surface area contributed by atoms with Crippen molar-refractivity contribution < 1.29 is 24.2 Å². The number of amides is 3. The van der Waals surface area contributed by atoms with Crippen LogP contribution >= 0.6 is 0 Å². The van der Waals surface area contributed by atoms with E-state index in [2.05, 4.69) is 10.6 Å². The number of ether oxygens (including phenoxy) is 1. The summed E-state index contributed by atoms with van der Waals surface area (Å²) in [5, 5.41) is 15.2. The molecule has 0 aromatic heterocycles. The number of hydrogen-bond donors (Lipinski definition) is 3. The van der Waals surface area contributed by atoms with Crippen molar-refractivity contribution in [1.29, 1.82) is 0 Å². The van der Waals surface area contributed by atoms with Gasteiger partial charge in [-0.2, -0.15) is 0 Å². The fourth-order valence-electron chi connectivity index (χ4n) is 6.35. The van der Waals surface area contributed by atoms with Gasteiger partial charge in [0.2, 0.25) is 17.7 Å². The first-order chi connectivity index (χ1) is 18.0. The Morgan fingerprint density at radius 2 is 1.54 bits per heavy atom. The highest BCUT2D eigenvalue weighted by Gasteiger charge is 2.74. The fourth-order valence-corrected chi connectivity index (χ4v) is 6.35. The fraction of sp³-hybridized carbons (Fsp3) is 0.483. The lowest BCUT2D eigenvalue weighted by atomic mass is 9.70. The van der Waals surface area contributed by atoms with Crippen molar-refractivity contribution in [1.82, 2.24) is 15.5 Å². The third kappa shape index (κ3) is 4.88. The van der Waals surface area contributed by atoms with E-state index < -0.39 is 23.5 Å². The monoisotopic (exact) mass is 505 g/mol. The maximum atomic E-state index is 13.9. The lowest BCUT2D eigenvalue weighted by Gasteiger charge is -2.33. The molecule has 3 fully saturated rings. The number of aliphatic hydroxyl groups excluding tert-OH is 1. The lowest BCUT2D eigenvalue weighted by molar-refractivity contribution is -0.142. The van der Waals surface area contributed by atoms with Gasteiger partial charge < -0.3 is 25.4 Å². The molecule has 5 rings (SSSR count). The van der Waals surface area contributed by atoms with Crippen LogP contribution in [0.15, 0.2) is 60.7 Å². The minimum atomic E-state index is -0.992. The zero-order valence-corrected chi connectivity index (χ0v) is 21.0. The van der Waals surface area contributed by atoms with Crippen LogP contribution in [-0.2, 0) is 32.2 Å². The highest BCUT2D eigenvalue weighted by molar-refractivity contribution is 5.98. The van der Waals surface area contributed by atoms with E-state index in [4.69, 9.17) is 9.84 Å². The predicted octanol–water partition coefficient (Wildman–Crippen LogP) is 2.16. The van der Waals surface area contributed by atoms with Crippen LogP contribution < -0.4 is 10.6 Å². The normalized spacial score (nSPS) is 27.8. The van der Waals surface area contributed by atoms with Gasteiger partial charge in [0.15, 0.2) is 0 Å². The summed E-state index contributed by atoms with van der Waals surface area (Å²) in [6.45, 7) is 1.22. The molecule has 3 amide bonds. The Kier molecular flexibility index (Phi) is 7.58. The van der Waals surface area contributed by atoms with Crippen LogP contribution in [0.2, 0.25) is 0 Å². The van der Waals surface area contributed by atoms with Crippen LogP contribution in [-0.4, -0.2) is 58.6 Å². The number of carbonyl (C=O) groups excluding carboxylic acids is 3. The summed E-state index contributed by atoms with van der Waals surface area (Å²) in [6, 6.07) is 18.5. The number of unbranched alkanes of at least 4 members (excludes halogenated alkanes) is 2. The van der Waals surface area contributed by atoms with E-state index in [0.29, 0.717) is 45.3 Å². The summed E-state index contributed by atoms with van der Waals surface area (Å²) in [5.41, 5.74) is 0.962. The molecule has 0 saturated carbocycles. The van der Waals surface area contributed by atoms with Gasteiger partial charge in [0.05, 0.1) is 17.9 Å². The quantitative estimate of drug-likeness (QED) is 0.406. The van der Waals surface area contributed by atoms with Crippen molar-refractivity contribution in [2.24, 2.45) is 11.8 Å². The third-order valence-corrected chi connectivity index (χ3v) is 8.03. The minimum absolute atomic E-state index is 0.0932. The third-order valence-electron chi connectivity index (χ3n) is 8.03. The molecule has 3 heterocycles. The van der Waals surface area contributed by atoms with E-state index in [0.717, 1.165) is 17.5 Å². The number of benzene rings is 2. The maximum Gasteiger partial charge on any atom is 0.246 e. The zero-order chi connectivity index (χ0) is 25.8. The Labute approximate surface area is 217 Å². The van der Waals surface area contributed by atoms with Crippen LogP contribution in [0, 0.1) is 11.8 Å². The van der Waals surface area contributed by atoms with Crippen LogP contribution in [0.3, 0.4) is 0 Å². The van der Waals surface area contributed by atoms with Gasteiger partial charge in [0.25, 0.3) is 0 Å². The van der Waals surface area contributed by atoms with Gasteiger partial charge in [-0.05, 0) is 43.2 Å². The Morgan fingerprint density at radius 3 is 2.16 bits per heavy atom. The summed E-state index contributed by atoms with van der Waals surface area (Å²) >= 11 is 0. The van der Waals surface area contributed by atoms with E-state index in [9.17, 15) is 14.4 Å². The topological polar surface area (TPSA) is 108 Å². The Bertz CT molecular complexity index is 1110. The molecule has 5 atom stereocenters. The molecule has 3 aliphatic heterocycles. The average molecular weight is 506 g/mol. The number of fused-ring (bicyclic) bond motifs is 1. The van der Waals surface area contributed by atoms with Gasteiger partial charge in [-0.3, -0.25) is 14.4 Å². The van der Waals surface area contributed by atoms with E-state index in [1.54, 1.807) is 4.90 Å². The van der Waals surface area contributed by atoms with E-state index in [1.807, 2.05) is 60.7 Å². The molecule has 8 heteroatoms. The number of likely N-dealkylation sites (tertiary alicyclic amines) is 1. The van der Waals surface area contributed by atoms with Crippen molar-refractivity contribution >= 4 is 17.7 Å². The Hall–Kier alpha value is -3.23. The van der Waals surface area contributed by atoms with Crippen molar-refractivity contribution in [3.8, 4) is 0 Å². The first kappa shape index (κ1) is 25.4. The summed E-state index contributed by atoms with van der Waals surface area (Å²) in [4.78, 5) is 42.5. The van der Waals surface area contributed by atoms with Crippen molar-refractivity contribution in [3.63, 3.8) is 0 Å². The second-order valence-corrected chi connectivity index (χ2v) is 10.3. The van der Waals surface area contributed by atoms with Crippen LogP contribution in [0.5, 0.6) is 0 Å². The molecule has 3 N–H and O–H groups in total. The first-order valence-electron chi connectivity index (χ1n) is 13.3. The molecule has 196 valence electrons. The Balaban J connectivity index is 1.36. The van der Waals surface area contributed by atoms with Gasteiger partial charge >= 0.3 is 0 Å². The smallest absolute Gasteiger partial charge is 0.246 e. The van der Waals surface area contributed by atoms with Gasteiger partial charge in [0.1, 0.15) is 11.6 Å². The summed E-state index contributed by atoms with van der Waals surface area (Å²) in [7, 11) is 0. The highest BCUT2D eigenvalue weighted by Crippen LogP contribution is 2.58. The van der Waals surface area contributed by atoms with Crippen molar-refractivity contribution in [2.75, 3.05) is 13.2 Å². The van der Waals surface area contributed by atoms with Gasteiger partial charge in [-0.15, -0.1) is 0 Å². The molecule has 2 aromatic carbocycles. The number of nitrogens with zero attached hydrogens (tertiary/aromatic N) is 1. The van der Waals surface area contributed by atoms with Gasteiger partial charge in [-0.1, -0.05) is 60.7 Å². The summed E-state index contributed by atoms with van der Waals surface area (Å²) in [6.07, 6.45) is 2.92. The molecule has 3 aliphatic rings. The molecule has 0 aliphatic carbocycles. The lowest BCUT2D eigenvalue weighted by Crippen LogP contribution is -2.55. The highest BCUT2D eigenvalue weighted by atomic mass is 16.5. The number of aliphatic hydroxyl groups is 1. The summed E-state index contributed by atoms with van der Waals surface area (Å²) in [5.74, 6) is -1.90. The number of carbonyl (C=O) groups is 3. The molecule has 2 bridgehead atoms. The molecule has 1 spiro atoms. The number of nitrogens with one attached hydrogen (secondary N) is 2. The molecule has 3 saturated heterocycles. The molecule has 2 unspecified atom stereocenters. The SMILES string of the molecule is O=C(NCc1ccccc1)C1N(CCCCCO)C(=O)[C@@H]2[C@H](C(=O)NCc3ccccc3)[C@@H]3CCC12O3. The standard InChI is InChI=1S/C29H35N3O5/c33-17-9-3-8-16-32-25(27(35)31-19-21-12-6-2-7-13-21)29-15-14-22(37-29)23(24(29)28(32)36)26(34)30-18-20-10-4-1-5-11-20/h1-2,4-7,10-13,22-25,33H,3,8-9,14-19H2,(H,30,34)(H,31,35)/t22-,23+,24-,25?,29?/m0/s1. The number of rotatable bonds is 11.